The molecule has 16 heavy (non-hydrogen) atoms. The largest absolute Gasteiger partial charge is 0.314 e. The predicted molar refractivity (Wildman–Crippen MR) is 70.6 cm³/mol. The van der Waals surface area contributed by atoms with E-state index >= 15 is 0 Å². The van der Waals surface area contributed by atoms with Crippen LogP contribution in [0.2, 0.25) is 0 Å². The smallest absolute Gasteiger partial charge is 0.00445 e. The van der Waals surface area contributed by atoms with E-state index in [2.05, 4.69) is 43.1 Å². The summed E-state index contributed by atoms with van der Waals surface area (Å²) < 4.78 is 0. The Kier molecular flexibility index (Phi) is 3.79. The van der Waals surface area contributed by atoms with Crippen LogP contribution in [0.5, 0.6) is 0 Å². The minimum Gasteiger partial charge on any atom is -0.314 e. The molecular formula is C15H21N. The molecule has 2 rings (SSSR count). The molecule has 2 unspecified atom stereocenters. The van der Waals surface area contributed by atoms with Crippen LogP contribution in [0, 0.1) is 0 Å². The van der Waals surface area contributed by atoms with Gasteiger partial charge in [0.05, 0.1) is 0 Å². The summed E-state index contributed by atoms with van der Waals surface area (Å²) in [6.07, 6.45) is 5.77. The first-order chi connectivity index (χ1) is 7.79. The van der Waals surface area contributed by atoms with E-state index in [1.54, 1.807) is 0 Å². The molecular weight excluding hydrogens is 194 g/mol. The molecule has 0 aromatic heterocycles. The lowest BCUT2D eigenvalue weighted by Crippen LogP contribution is -2.25. The second-order valence-corrected chi connectivity index (χ2v) is 4.80. The Bertz CT molecular complexity index is 356. The normalized spacial score (nSPS) is 26.1. The van der Waals surface area contributed by atoms with Gasteiger partial charge >= 0.3 is 0 Å². The van der Waals surface area contributed by atoms with E-state index in [0.717, 1.165) is 0 Å². The molecule has 86 valence electrons. The number of hydrogen-bond donors (Lipinski definition) is 1. The molecule has 1 heteroatoms. The zero-order valence-electron chi connectivity index (χ0n) is 10.1. The van der Waals surface area contributed by atoms with Crippen molar-refractivity contribution in [1.82, 2.24) is 5.32 Å². The van der Waals surface area contributed by atoms with Crippen molar-refractivity contribution in [1.29, 1.82) is 0 Å². The Morgan fingerprint density at radius 3 is 3.12 bits per heavy atom. The topological polar surface area (TPSA) is 12.0 Å². The summed E-state index contributed by atoms with van der Waals surface area (Å²) in [5, 5.41) is 3.55. The highest BCUT2D eigenvalue weighted by Crippen LogP contribution is 2.28. The first kappa shape index (κ1) is 11.4. The van der Waals surface area contributed by atoms with Gasteiger partial charge in [0.25, 0.3) is 0 Å². The lowest BCUT2D eigenvalue weighted by Gasteiger charge is -2.18. The zero-order valence-corrected chi connectivity index (χ0v) is 10.1. The third kappa shape index (κ3) is 2.73. The van der Waals surface area contributed by atoms with Crippen LogP contribution in [0.3, 0.4) is 0 Å². The quantitative estimate of drug-likeness (QED) is 0.795. The fraction of sp³-hybridized carbons (Fsp3) is 0.467. The number of rotatable bonds is 2. The molecule has 0 aliphatic carbocycles. The van der Waals surface area contributed by atoms with Gasteiger partial charge < -0.3 is 5.32 Å². The van der Waals surface area contributed by atoms with Crippen molar-refractivity contribution in [3.63, 3.8) is 0 Å². The number of benzene rings is 1. The Morgan fingerprint density at radius 2 is 2.31 bits per heavy atom. The van der Waals surface area contributed by atoms with Gasteiger partial charge in [0.15, 0.2) is 0 Å². The molecule has 1 nitrogen and oxygen atoms in total. The molecule has 1 aliphatic heterocycles. The molecule has 2 atom stereocenters. The van der Waals surface area contributed by atoms with Crippen LogP contribution >= 0.6 is 0 Å². The molecule has 1 N–H and O–H groups in total. The van der Waals surface area contributed by atoms with Gasteiger partial charge in [0.1, 0.15) is 0 Å². The van der Waals surface area contributed by atoms with Crippen LogP contribution in [0.4, 0.5) is 0 Å². The van der Waals surface area contributed by atoms with Crippen molar-refractivity contribution in [2.75, 3.05) is 6.54 Å². The van der Waals surface area contributed by atoms with Crippen LogP contribution in [0.15, 0.2) is 30.8 Å². The highest BCUT2D eigenvalue weighted by atomic mass is 14.9. The van der Waals surface area contributed by atoms with Gasteiger partial charge in [-0.15, -0.1) is 0 Å². The van der Waals surface area contributed by atoms with Crippen molar-refractivity contribution in [2.24, 2.45) is 0 Å². The maximum absolute atomic E-state index is 3.84. The van der Waals surface area contributed by atoms with Crippen molar-refractivity contribution in [2.45, 2.75) is 38.1 Å². The second kappa shape index (κ2) is 5.31. The summed E-state index contributed by atoms with van der Waals surface area (Å²) >= 11 is 0. The molecule has 1 aliphatic rings. The van der Waals surface area contributed by atoms with Crippen LogP contribution in [0.25, 0.3) is 6.08 Å². The van der Waals surface area contributed by atoms with Gasteiger partial charge in [-0.3, -0.25) is 0 Å². The van der Waals surface area contributed by atoms with E-state index in [1.165, 1.54) is 36.9 Å². The molecule has 1 saturated heterocycles. The summed E-state index contributed by atoms with van der Waals surface area (Å²) in [6, 6.07) is 9.45. The highest BCUT2D eigenvalue weighted by molar-refractivity contribution is 5.48. The van der Waals surface area contributed by atoms with E-state index in [0.29, 0.717) is 12.0 Å². The van der Waals surface area contributed by atoms with Gasteiger partial charge in [0.2, 0.25) is 0 Å². The Balaban J connectivity index is 2.17. The van der Waals surface area contributed by atoms with Crippen LogP contribution < -0.4 is 5.32 Å². The van der Waals surface area contributed by atoms with Gasteiger partial charge in [-0.1, -0.05) is 36.9 Å². The maximum atomic E-state index is 3.84. The average Bonchev–Trinajstić information content (AvgIpc) is 2.54. The third-order valence-electron chi connectivity index (χ3n) is 3.48. The summed E-state index contributed by atoms with van der Waals surface area (Å²) in [5.41, 5.74) is 2.72. The van der Waals surface area contributed by atoms with Gasteiger partial charge in [-0.05, 0) is 49.8 Å². The van der Waals surface area contributed by atoms with E-state index in [9.17, 15) is 0 Å². The molecule has 1 fully saturated rings. The second-order valence-electron chi connectivity index (χ2n) is 4.80. The fourth-order valence-corrected chi connectivity index (χ4v) is 2.57. The maximum Gasteiger partial charge on any atom is 0.00445 e. The van der Waals surface area contributed by atoms with Crippen molar-refractivity contribution in [3.05, 3.63) is 42.0 Å². The summed E-state index contributed by atoms with van der Waals surface area (Å²) in [6.45, 7) is 7.29. The molecule has 0 bridgehead atoms. The third-order valence-corrected chi connectivity index (χ3v) is 3.48. The number of hydrogen-bond acceptors (Lipinski definition) is 1. The van der Waals surface area contributed by atoms with Gasteiger partial charge in [-0.2, -0.15) is 0 Å². The van der Waals surface area contributed by atoms with Gasteiger partial charge in [-0.25, -0.2) is 0 Å². The predicted octanol–water partition coefficient (Wildman–Crippen LogP) is 3.58. The minimum atomic E-state index is 0.639. The monoisotopic (exact) mass is 215 g/mol. The lowest BCUT2D eigenvalue weighted by molar-refractivity contribution is 0.516. The Hall–Kier alpha value is -1.08. The van der Waals surface area contributed by atoms with Crippen LogP contribution in [-0.2, 0) is 0 Å². The zero-order chi connectivity index (χ0) is 11.4. The van der Waals surface area contributed by atoms with Crippen molar-refractivity contribution < 1.29 is 0 Å². The Morgan fingerprint density at radius 1 is 1.44 bits per heavy atom. The summed E-state index contributed by atoms with van der Waals surface area (Å²) in [7, 11) is 0. The molecule has 1 aromatic carbocycles. The molecule has 0 radical (unpaired) electrons. The summed E-state index contributed by atoms with van der Waals surface area (Å²) in [4.78, 5) is 0. The summed E-state index contributed by atoms with van der Waals surface area (Å²) in [5.74, 6) is 0.713. The molecule has 0 amide bonds. The molecule has 0 saturated carbocycles. The number of nitrogens with one attached hydrogen (secondary N) is 1. The first-order valence-electron chi connectivity index (χ1n) is 6.25. The Labute approximate surface area is 98.6 Å². The minimum absolute atomic E-state index is 0.639. The van der Waals surface area contributed by atoms with E-state index in [1.807, 2.05) is 6.08 Å². The molecule has 1 aromatic rings. The van der Waals surface area contributed by atoms with Crippen LogP contribution in [-0.4, -0.2) is 12.6 Å². The van der Waals surface area contributed by atoms with E-state index in [-0.39, 0.29) is 0 Å². The lowest BCUT2D eigenvalue weighted by atomic mass is 9.89. The van der Waals surface area contributed by atoms with Crippen molar-refractivity contribution >= 4 is 6.08 Å². The first-order valence-corrected chi connectivity index (χ1v) is 6.25. The molecule has 1 heterocycles. The highest BCUT2D eigenvalue weighted by Gasteiger charge is 2.18. The van der Waals surface area contributed by atoms with Crippen LogP contribution in [0.1, 0.15) is 43.2 Å². The average molecular weight is 215 g/mol. The van der Waals surface area contributed by atoms with Crippen molar-refractivity contribution in [3.8, 4) is 0 Å². The SMILES string of the molecule is C=Cc1cccc(C2CCCNC(C)C2)c1. The van der Waals surface area contributed by atoms with Gasteiger partial charge in [0, 0.05) is 6.04 Å². The molecule has 0 spiro atoms. The fourth-order valence-electron chi connectivity index (χ4n) is 2.57. The van der Waals surface area contributed by atoms with E-state index in [4.69, 9.17) is 0 Å². The van der Waals surface area contributed by atoms with E-state index < -0.39 is 0 Å². The standard InChI is InChI=1S/C15H21N/c1-3-13-6-4-7-15(11-13)14-8-5-9-16-12(2)10-14/h3-4,6-7,11-12,14,16H,1,5,8-10H2,2H3.